The molecule has 1 fully saturated rings. The van der Waals surface area contributed by atoms with Crippen LogP contribution in [0.4, 0.5) is 0 Å². The van der Waals surface area contributed by atoms with Crippen LogP contribution < -0.4 is 10.5 Å². The Morgan fingerprint density at radius 3 is 2.72 bits per heavy atom. The maximum atomic E-state index is 12.3. The number of aliphatic hydroxyl groups excluding tert-OH is 1. The Kier molecular flexibility index (Phi) is 4.85. The molecule has 132 valence electrons. The molecule has 0 atom stereocenters. The van der Waals surface area contributed by atoms with Crippen LogP contribution in [0.1, 0.15) is 28.9 Å². The van der Waals surface area contributed by atoms with Crippen LogP contribution in [0.5, 0.6) is 5.75 Å². The summed E-state index contributed by atoms with van der Waals surface area (Å²) in [7, 11) is 0. The molecule has 1 saturated heterocycles. The number of amides is 2. The van der Waals surface area contributed by atoms with Gasteiger partial charge in [-0.05, 0) is 37.5 Å². The SMILES string of the molecule is Cc1ccc2c(OCC(=O)N3CCC(O)CC3)cc(C(N)=O)nc2c1. The molecular weight excluding hydrogens is 322 g/mol. The molecule has 7 nitrogen and oxygen atoms in total. The lowest BCUT2D eigenvalue weighted by Gasteiger charge is -2.29. The minimum Gasteiger partial charge on any atom is -0.483 e. The van der Waals surface area contributed by atoms with Gasteiger partial charge in [0.15, 0.2) is 6.61 Å². The smallest absolute Gasteiger partial charge is 0.267 e. The number of primary amides is 1. The van der Waals surface area contributed by atoms with Crippen LogP contribution in [0, 0.1) is 6.92 Å². The number of rotatable bonds is 4. The molecule has 1 aromatic carbocycles. The fraction of sp³-hybridized carbons (Fsp3) is 0.389. The quantitative estimate of drug-likeness (QED) is 0.862. The number of hydrogen-bond donors (Lipinski definition) is 2. The summed E-state index contributed by atoms with van der Waals surface area (Å²) in [5.74, 6) is -0.390. The van der Waals surface area contributed by atoms with Gasteiger partial charge in [-0.15, -0.1) is 0 Å². The van der Waals surface area contributed by atoms with Crippen molar-refractivity contribution in [2.24, 2.45) is 5.73 Å². The zero-order chi connectivity index (χ0) is 18.0. The average molecular weight is 343 g/mol. The lowest BCUT2D eigenvalue weighted by molar-refractivity contribution is -0.135. The number of hydrogen-bond acceptors (Lipinski definition) is 5. The molecule has 1 aromatic heterocycles. The Morgan fingerprint density at radius 2 is 2.04 bits per heavy atom. The Bertz CT molecular complexity index is 813. The van der Waals surface area contributed by atoms with E-state index in [1.807, 2.05) is 25.1 Å². The van der Waals surface area contributed by atoms with E-state index >= 15 is 0 Å². The molecule has 1 aliphatic heterocycles. The monoisotopic (exact) mass is 343 g/mol. The second-order valence-electron chi connectivity index (χ2n) is 6.29. The summed E-state index contributed by atoms with van der Waals surface area (Å²) in [6.07, 6.45) is 0.819. The summed E-state index contributed by atoms with van der Waals surface area (Å²) in [6, 6.07) is 7.06. The number of aliphatic hydroxyl groups is 1. The van der Waals surface area contributed by atoms with E-state index in [1.165, 1.54) is 6.07 Å². The van der Waals surface area contributed by atoms with E-state index in [2.05, 4.69) is 4.98 Å². The van der Waals surface area contributed by atoms with Crippen molar-refractivity contribution in [1.82, 2.24) is 9.88 Å². The topological polar surface area (TPSA) is 106 Å². The number of aryl methyl sites for hydroxylation is 1. The fourth-order valence-electron chi connectivity index (χ4n) is 2.90. The van der Waals surface area contributed by atoms with Gasteiger partial charge in [-0.3, -0.25) is 9.59 Å². The molecule has 2 aromatic rings. The predicted molar refractivity (Wildman–Crippen MR) is 92.3 cm³/mol. The van der Waals surface area contributed by atoms with Gasteiger partial charge in [0.25, 0.3) is 11.8 Å². The van der Waals surface area contributed by atoms with E-state index in [-0.39, 0.29) is 24.3 Å². The van der Waals surface area contributed by atoms with Crippen molar-refractivity contribution in [1.29, 1.82) is 0 Å². The number of piperidine rings is 1. The molecule has 1 aliphatic rings. The summed E-state index contributed by atoms with van der Waals surface area (Å²) in [6.45, 7) is 2.83. The van der Waals surface area contributed by atoms with Gasteiger partial charge in [-0.1, -0.05) is 6.07 Å². The number of ether oxygens (including phenoxy) is 1. The highest BCUT2D eigenvalue weighted by Gasteiger charge is 2.22. The van der Waals surface area contributed by atoms with Gasteiger partial charge in [0.05, 0.1) is 11.6 Å². The minimum atomic E-state index is -0.649. The van der Waals surface area contributed by atoms with Gasteiger partial charge in [-0.2, -0.15) is 0 Å². The first kappa shape index (κ1) is 17.2. The fourth-order valence-corrected chi connectivity index (χ4v) is 2.90. The molecule has 0 radical (unpaired) electrons. The molecule has 3 rings (SSSR count). The lowest BCUT2D eigenvalue weighted by Crippen LogP contribution is -2.42. The van der Waals surface area contributed by atoms with Crippen LogP contribution in [-0.2, 0) is 4.79 Å². The van der Waals surface area contributed by atoms with Crippen molar-refractivity contribution >= 4 is 22.7 Å². The first-order valence-electron chi connectivity index (χ1n) is 8.24. The zero-order valence-corrected chi connectivity index (χ0v) is 14.1. The van der Waals surface area contributed by atoms with E-state index < -0.39 is 5.91 Å². The van der Waals surface area contributed by atoms with Gasteiger partial charge in [0, 0.05) is 24.5 Å². The number of nitrogens with zero attached hydrogens (tertiary/aromatic N) is 2. The van der Waals surface area contributed by atoms with Gasteiger partial charge >= 0.3 is 0 Å². The van der Waals surface area contributed by atoms with E-state index in [9.17, 15) is 14.7 Å². The lowest BCUT2D eigenvalue weighted by atomic mass is 10.1. The number of pyridine rings is 1. The average Bonchev–Trinajstić information content (AvgIpc) is 2.59. The third kappa shape index (κ3) is 3.88. The Morgan fingerprint density at radius 1 is 1.32 bits per heavy atom. The Hall–Kier alpha value is -2.67. The molecule has 2 amide bonds. The van der Waals surface area contributed by atoms with Gasteiger partial charge in [0.1, 0.15) is 11.4 Å². The number of nitrogens with two attached hydrogens (primary N) is 1. The first-order chi connectivity index (χ1) is 11.9. The number of likely N-dealkylation sites (tertiary alicyclic amines) is 1. The highest BCUT2D eigenvalue weighted by Crippen LogP contribution is 2.26. The largest absolute Gasteiger partial charge is 0.483 e. The molecule has 25 heavy (non-hydrogen) atoms. The Balaban J connectivity index is 1.80. The standard InChI is InChI=1S/C18H21N3O4/c1-11-2-3-13-14(8-11)20-15(18(19)24)9-16(13)25-10-17(23)21-6-4-12(22)5-7-21/h2-3,8-9,12,22H,4-7,10H2,1H3,(H2,19,24). The molecular formula is C18H21N3O4. The second kappa shape index (κ2) is 7.06. The third-order valence-corrected chi connectivity index (χ3v) is 4.35. The minimum absolute atomic E-state index is 0.0987. The number of fused-ring (bicyclic) bond motifs is 1. The van der Waals surface area contributed by atoms with Gasteiger partial charge < -0.3 is 20.5 Å². The van der Waals surface area contributed by atoms with Crippen molar-refractivity contribution < 1.29 is 19.4 Å². The molecule has 0 unspecified atom stereocenters. The highest BCUT2D eigenvalue weighted by molar-refractivity contribution is 5.96. The van der Waals surface area contributed by atoms with Crippen molar-refractivity contribution in [2.75, 3.05) is 19.7 Å². The number of aromatic nitrogens is 1. The zero-order valence-electron chi connectivity index (χ0n) is 14.1. The molecule has 7 heteroatoms. The van der Waals surface area contributed by atoms with E-state index in [0.717, 1.165) is 10.9 Å². The normalized spacial score (nSPS) is 15.4. The summed E-state index contributed by atoms with van der Waals surface area (Å²) >= 11 is 0. The van der Waals surface area contributed by atoms with E-state index in [1.54, 1.807) is 4.90 Å². The van der Waals surface area contributed by atoms with Crippen LogP contribution in [0.25, 0.3) is 10.9 Å². The highest BCUT2D eigenvalue weighted by atomic mass is 16.5. The number of carbonyl (C=O) groups excluding carboxylic acids is 2. The summed E-state index contributed by atoms with van der Waals surface area (Å²) in [5.41, 5.74) is 7.03. The maximum absolute atomic E-state index is 12.3. The summed E-state index contributed by atoms with van der Waals surface area (Å²) in [5, 5.41) is 10.2. The maximum Gasteiger partial charge on any atom is 0.267 e. The number of carbonyl (C=O) groups is 2. The van der Waals surface area contributed by atoms with Crippen molar-refractivity contribution in [2.45, 2.75) is 25.9 Å². The van der Waals surface area contributed by atoms with Crippen LogP contribution >= 0.6 is 0 Å². The van der Waals surface area contributed by atoms with Gasteiger partial charge in [-0.25, -0.2) is 4.98 Å². The van der Waals surface area contributed by atoms with Crippen molar-refractivity contribution in [3.05, 3.63) is 35.5 Å². The molecule has 3 N–H and O–H groups in total. The van der Waals surface area contributed by atoms with Crippen LogP contribution in [0.2, 0.25) is 0 Å². The summed E-state index contributed by atoms with van der Waals surface area (Å²) < 4.78 is 5.69. The molecule has 0 saturated carbocycles. The molecule has 0 aliphatic carbocycles. The first-order valence-corrected chi connectivity index (χ1v) is 8.24. The van der Waals surface area contributed by atoms with Crippen LogP contribution in [0.15, 0.2) is 24.3 Å². The third-order valence-electron chi connectivity index (χ3n) is 4.35. The molecule has 0 spiro atoms. The molecule has 2 heterocycles. The van der Waals surface area contributed by atoms with Crippen LogP contribution in [-0.4, -0.2) is 52.6 Å². The summed E-state index contributed by atoms with van der Waals surface area (Å²) in [4.78, 5) is 29.7. The van der Waals surface area contributed by atoms with Gasteiger partial charge in [0.2, 0.25) is 0 Å². The second-order valence-corrected chi connectivity index (χ2v) is 6.29. The predicted octanol–water partition coefficient (Wildman–Crippen LogP) is 1.00. The number of benzene rings is 1. The van der Waals surface area contributed by atoms with E-state index in [0.29, 0.717) is 37.2 Å². The van der Waals surface area contributed by atoms with Crippen LogP contribution in [0.3, 0.4) is 0 Å². The van der Waals surface area contributed by atoms with Crippen molar-refractivity contribution in [3.63, 3.8) is 0 Å². The Labute approximate surface area is 145 Å². The van der Waals surface area contributed by atoms with E-state index in [4.69, 9.17) is 10.5 Å². The van der Waals surface area contributed by atoms with Crippen molar-refractivity contribution in [3.8, 4) is 5.75 Å². The molecule has 0 bridgehead atoms.